The molecule has 25 heavy (non-hydrogen) atoms. The number of halogens is 1. The molecular weight excluding hydrogens is 431 g/mol. The second-order valence-electron chi connectivity index (χ2n) is 6.48. The number of hydrogen-bond acceptors (Lipinski definition) is 4. The number of aromatic nitrogens is 2. The smallest absolute Gasteiger partial charge is 0.191 e. The van der Waals surface area contributed by atoms with Crippen LogP contribution in [0.5, 0.6) is 0 Å². The average molecular weight is 464 g/mol. The van der Waals surface area contributed by atoms with Gasteiger partial charge in [0.05, 0.1) is 25.5 Å². The lowest BCUT2D eigenvalue weighted by Crippen LogP contribution is -2.52. The third-order valence-electron chi connectivity index (χ3n) is 4.43. The highest BCUT2D eigenvalue weighted by Crippen LogP contribution is 2.12. The number of nitrogens with zero attached hydrogens (tertiary/aromatic N) is 4. The van der Waals surface area contributed by atoms with E-state index in [0.29, 0.717) is 18.5 Å². The molecule has 0 bridgehead atoms. The van der Waals surface area contributed by atoms with Crippen molar-refractivity contribution in [2.45, 2.75) is 33.4 Å². The summed E-state index contributed by atoms with van der Waals surface area (Å²) in [4.78, 5) is 7.20. The Morgan fingerprint density at radius 2 is 2.04 bits per heavy atom. The van der Waals surface area contributed by atoms with E-state index in [9.17, 15) is 0 Å². The van der Waals surface area contributed by atoms with Gasteiger partial charge < -0.3 is 15.4 Å². The number of ether oxygens (including phenoxy) is 1. The maximum Gasteiger partial charge on any atom is 0.191 e. The first-order chi connectivity index (χ1) is 11.6. The molecule has 1 fully saturated rings. The van der Waals surface area contributed by atoms with Crippen LogP contribution in [0.3, 0.4) is 0 Å². The Morgan fingerprint density at radius 3 is 2.60 bits per heavy atom. The lowest BCUT2D eigenvalue weighted by Gasteiger charge is -2.37. The second-order valence-corrected chi connectivity index (χ2v) is 6.48. The molecule has 1 aromatic rings. The van der Waals surface area contributed by atoms with Gasteiger partial charge in [-0.25, -0.2) is 4.99 Å². The van der Waals surface area contributed by atoms with Crippen LogP contribution in [-0.4, -0.2) is 66.1 Å². The lowest BCUT2D eigenvalue weighted by atomic mass is 10.0. The zero-order valence-corrected chi connectivity index (χ0v) is 18.2. The normalized spacial score (nSPS) is 17.2. The van der Waals surface area contributed by atoms with Crippen molar-refractivity contribution in [3.8, 4) is 0 Å². The number of guanidine groups is 1. The molecule has 2 rings (SSSR count). The van der Waals surface area contributed by atoms with Crippen molar-refractivity contribution in [2.75, 3.05) is 39.4 Å². The topological polar surface area (TPSA) is 66.7 Å². The highest BCUT2D eigenvalue weighted by atomic mass is 127. The molecule has 0 aromatic carbocycles. The Labute approximate surface area is 168 Å². The van der Waals surface area contributed by atoms with E-state index < -0.39 is 0 Å². The molecule has 0 spiro atoms. The molecule has 2 heterocycles. The Morgan fingerprint density at radius 1 is 1.32 bits per heavy atom. The summed E-state index contributed by atoms with van der Waals surface area (Å²) in [5, 5.41) is 11.0. The standard InChI is InChI=1S/C17H32N6O.HI/c1-5-18-17(19-12-15-6-7-21-22(15)4)20-13-16(14(2)3)23-8-10-24-11-9-23;/h6-7,14,16H,5,8-13H2,1-4H3,(H2,18,19,20);1H. The molecule has 0 amide bonds. The van der Waals surface area contributed by atoms with Gasteiger partial charge in [0.1, 0.15) is 0 Å². The minimum Gasteiger partial charge on any atom is -0.379 e. The van der Waals surface area contributed by atoms with Gasteiger partial charge in [-0.15, -0.1) is 24.0 Å². The maximum absolute atomic E-state index is 5.48. The predicted octanol–water partition coefficient (Wildman–Crippen LogP) is 1.45. The highest BCUT2D eigenvalue weighted by Gasteiger charge is 2.23. The Bertz CT molecular complexity index is 513. The fraction of sp³-hybridized carbons (Fsp3) is 0.765. The van der Waals surface area contributed by atoms with Gasteiger partial charge in [0.25, 0.3) is 0 Å². The van der Waals surface area contributed by atoms with Crippen LogP contribution in [0.1, 0.15) is 26.5 Å². The van der Waals surface area contributed by atoms with E-state index in [4.69, 9.17) is 4.74 Å². The Kier molecular flexibility index (Phi) is 10.4. The zero-order valence-electron chi connectivity index (χ0n) is 15.9. The van der Waals surface area contributed by atoms with Crippen LogP contribution in [0.4, 0.5) is 0 Å². The SMILES string of the molecule is CCNC(=NCc1ccnn1C)NCC(C(C)C)N1CCOCC1.I. The quantitative estimate of drug-likeness (QED) is 0.364. The minimum atomic E-state index is 0. The van der Waals surface area contributed by atoms with E-state index in [2.05, 4.69) is 46.4 Å². The molecule has 1 aliphatic rings. The number of nitrogens with one attached hydrogen (secondary N) is 2. The minimum absolute atomic E-state index is 0. The summed E-state index contributed by atoms with van der Waals surface area (Å²) in [6.45, 7) is 12.7. The van der Waals surface area contributed by atoms with Gasteiger partial charge in [-0.1, -0.05) is 13.8 Å². The van der Waals surface area contributed by atoms with Gasteiger partial charge in [-0.2, -0.15) is 5.10 Å². The molecule has 144 valence electrons. The molecule has 1 unspecified atom stereocenters. The summed E-state index contributed by atoms with van der Waals surface area (Å²) in [5.74, 6) is 1.44. The third kappa shape index (κ3) is 7.10. The molecule has 0 saturated carbocycles. The number of rotatable bonds is 7. The van der Waals surface area contributed by atoms with E-state index in [1.807, 2.05) is 17.8 Å². The summed E-state index contributed by atoms with van der Waals surface area (Å²) in [7, 11) is 1.94. The van der Waals surface area contributed by atoms with E-state index in [-0.39, 0.29) is 24.0 Å². The summed E-state index contributed by atoms with van der Waals surface area (Å²) < 4.78 is 7.34. The zero-order chi connectivity index (χ0) is 17.4. The highest BCUT2D eigenvalue weighted by molar-refractivity contribution is 14.0. The lowest BCUT2D eigenvalue weighted by molar-refractivity contribution is 0.00752. The summed E-state index contributed by atoms with van der Waals surface area (Å²) in [5.41, 5.74) is 1.10. The van der Waals surface area contributed by atoms with Crippen LogP contribution < -0.4 is 10.6 Å². The largest absolute Gasteiger partial charge is 0.379 e. The van der Waals surface area contributed by atoms with Gasteiger partial charge in [0, 0.05) is 45.5 Å². The van der Waals surface area contributed by atoms with E-state index in [1.165, 1.54) is 0 Å². The predicted molar refractivity (Wildman–Crippen MR) is 112 cm³/mol. The van der Waals surface area contributed by atoms with Crippen LogP contribution in [0.25, 0.3) is 0 Å². The van der Waals surface area contributed by atoms with E-state index >= 15 is 0 Å². The third-order valence-corrected chi connectivity index (χ3v) is 4.43. The monoisotopic (exact) mass is 464 g/mol. The van der Waals surface area contributed by atoms with Crippen LogP contribution >= 0.6 is 24.0 Å². The molecular formula is C17H33IN6O. The fourth-order valence-corrected chi connectivity index (χ4v) is 2.96. The molecule has 1 aromatic heterocycles. The van der Waals surface area contributed by atoms with Gasteiger partial charge in [-0.3, -0.25) is 9.58 Å². The first-order valence-corrected chi connectivity index (χ1v) is 8.92. The van der Waals surface area contributed by atoms with Crippen LogP contribution in [0.2, 0.25) is 0 Å². The van der Waals surface area contributed by atoms with Crippen LogP contribution in [0.15, 0.2) is 17.3 Å². The van der Waals surface area contributed by atoms with Gasteiger partial charge >= 0.3 is 0 Å². The van der Waals surface area contributed by atoms with E-state index in [0.717, 1.165) is 51.0 Å². The summed E-state index contributed by atoms with van der Waals surface area (Å²) in [6, 6.07) is 2.48. The molecule has 8 heteroatoms. The number of hydrogen-bond donors (Lipinski definition) is 2. The molecule has 7 nitrogen and oxygen atoms in total. The molecule has 0 aliphatic carbocycles. The molecule has 2 N–H and O–H groups in total. The average Bonchev–Trinajstić information content (AvgIpc) is 2.98. The second kappa shape index (κ2) is 11.7. The molecule has 1 aliphatic heterocycles. The number of morpholine rings is 1. The number of aliphatic imine (C=N–C) groups is 1. The summed E-state index contributed by atoms with van der Waals surface area (Å²) in [6.07, 6.45) is 1.80. The number of aryl methyl sites for hydroxylation is 1. The summed E-state index contributed by atoms with van der Waals surface area (Å²) >= 11 is 0. The maximum atomic E-state index is 5.48. The molecule has 0 radical (unpaired) electrons. The van der Waals surface area contributed by atoms with Gasteiger partial charge in [0.2, 0.25) is 0 Å². The van der Waals surface area contributed by atoms with Gasteiger partial charge in [0.15, 0.2) is 5.96 Å². The van der Waals surface area contributed by atoms with Crippen LogP contribution in [-0.2, 0) is 18.3 Å². The first kappa shape index (κ1) is 22.2. The van der Waals surface area contributed by atoms with Crippen molar-refractivity contribution in [3.63, 3.8) is 0 Å². The fourth-order valence-electron chi connectivity index (χ4n) is 2.96. The van der Waals surface area contributed by atoms with Crippen molar-refractivity contribution in [3.05, 3.63) is 18.0 Å². The van der Waals surface area contributed by atoms with Gasteiger partial charge in [-0.05, 0) is 18.9 Å². The molecule has 1 atom stereocenters. The Hall–Kier alpha value is -0.870. The van der Waals surface area contributed by atoms with Crippen molar-refractivity contribution >= 4 is 29.9 Å². The van der Waals surface area contributed by atoms with E-state index in [1.54, 1.807) is 6.20 Å². The van der Waals surface area contributed by atoms with Crippen molar-refractivity contribution < 1.29 is 4.74 Å². The van der Waals surface area contributed by atoms with Crippen molar-refractivity contribution in [2.24, 2.45) is 18.0 Å². The van der Waals surface area contributed by atoms with Crippen LogP contribution in [0, 0.1) is 5.92 Å². The van der Waals surface area contributed by atoms with Crippen molar-refractivity contribution in [1.82, 2.24) is 25.3 Å². The Balaban J connectivity index is 0.00000312. The first-order valence-electron chi connectivity index (χ1n) is 8.92. The van der Waals surface area contributed by atoms with Crippen molar-refractivity contribution in [1.29, 1.82) is 0 Å². The molecule has 1 saturated heterocycles.